The molecule has 1 fully saturated rings. The number of benzene rings is 3. The molecule has 1 atom stereocenters. The quantitative estimate of drug-likeness (QED) is 0.351. The summed E-state index contributed by atoms with van der Waals surface area (Å²) in [4.78, 5) is 27.9. The Morgan fingerprint density at radius 1 is 0.935 bits per heavy atom. The predicted octanol–water partition coefficient (Wildman–Crippen LogP) is 5.49. The molecule has 3 aromatic rings. The Labute approximate surface area is 182 Å². The van der Waals surface area contributed by atoms with Crippen molar-refractivity contribution in [1.82, 2.24) is 0 Å². The minimum atomic E-state index is -0.701. The van der Waals surface area contributed by atoms with Gasteiger partial charge in [0.2, 0.25) is 0 Å². The van der Waals surface area contributed by atoms with Gasteiger partial charge in [-0.05, 0) is 43.0 Å². The van der Waals surface area contributed by atoms with Gasteiger partial charge in [-0.1, -0.05) is 79.2 Å². The van der Waals surface area contributed by atoms with E-state index in [9.17, 15) is 14.7 Å². The average molecular weight is 412 g/mol. The molecule has 4 nitrogen and oxygen atoms in total. The van der Waals surface area contributed by atoms with Crippen LogP contribution in [0.15, 0.2) is 78.4 Å². The van der Waals surface area contributed by atoms with Crippen molar-refractivity contribution < 1.29 is 14.7 Å². The highest BCUT2D eigenvalue weighted by Crippen LogP contribution is 2.43. The molecule has 4 rings (SSSR count). The molecule has 1 aliphatic heterocycles. The summed E-state index contributed by atoms with van der Waals surface area (Å²) in [7, 11) is 0. The minimum absolute atomic E-state index is 0.112. The van der Waals surface area contributed by atoms with E-state index < -0.39 is 17.7 Å². The average Bonchev–Trinajstić information content (AvgIpc) is 3.04. The van der Waals surface area contributed by atoms with E-state index in [-0.39, 0.29) is 11.3 Å². The molecule has 0 bridgehead atoms. The van der Waals surface area contributed by atoms with Crippen LogP contribution < -0.4 is 4.90 Å². The third kappa shape index (κ3) is 3.66. The van der Waals surface area contributed by atoms with Crippen molar-refractivity contribution >= 4 is 23.1 Å². The van der Waals surface area contributed by atoms with Crippen LogP contribution in [0.1, 0.15) is 40.8 Å². The fourth-order valence-electron chi connectivity index (χ4n) is 4.16. The van der Waals surface area contributed by atoms with Crippen LogP contribution >= 0.6 is 0 Å². The van der Waals surface area contributed by atoms with Crippen molar-refractivity contribution in [3.05, 3.63) is 106 Å². The van der Waals surface area contributed by atoms with Crippen LogP contribution in [0.5, 0.6) is 0 Å². The van der Waals surface area contributed by atoms with Crippen LogP contribution in [0.25, 0.3) is 5.76 Å². The van der Waals surface area contributed by atoms with Gasteiger partial charge in [-0.2, -0.15) is 0 Å². The fourth-order valence-corrected chi connectivity index (χ4v) is 4.16. The summed E-state index contributed by atoms with van der Waals surface area (Å²) < 4.78 is 0. The van der Waals surface area contributed by atoms with Crippen molar-refractivity contribution in [2.24, 2.45) is 0 Å². The van der Waals surface area contributed by atoms with Crippen LogP contribution in [0.4, 0.5) is 5.69 Å². The molecular formula is C27H25NO3. The highest BCUT2D eigenvalue weighted by molar-refractivity contribution is 6.51. The van der Waals surface area contributed by atoms with Gasteiger partial charge in [0.25, 0.3) is 11.7 Å². The van der Waals surface area contributed by atoms with Crippen molar-refractivity contribution in [1.29, 1.82) is 0 Å². The first-order valence-corrected chi connectivity index (χ1v) is 10.4. The van der Waals surface area contributed by atoms with Crippen molar-refractivity contribution in [2.75, 3.05) is 4.90 Å². The molecule has 0 aromatic heterocycles. The topological polar surface area (TPSA) is 57.6 Å². The number of hydrogen-bond donors (Lipinski definition) is 1. The summed E-state index contributed by atoms with van der Waals surface area (Å²) in [6.07, 6.45) is 0.877. The van der Waals surface area contributed by atoms with Gasteiger partial charge < -0.3 is 5.11 Å². The second-order valence-electron chi connectivity index (χ2n) is 7.92. The maximum absolute atomic E-state index is 13.2. The Morgan fingerprint density at radius 2 is 1.61 bits per heavy atom. The van der Waals surface area contributed by atoms with Crippen LogP contribution in [0.2, 0.25) is 0 Å². The molecule has 1 heterocycles. The second-order valence-corrected chi connectivity index (χ2v) is 7.92. The number of hydrogen-bond acceptors (Lipinski definition) is 3. The predicted molar refractivity (Wildman–Crippen MR) is 123 cm³/mol. The normalized spacial score (nSPS) is 17.9. The van der Waals surface area contributed by atoms with Gasteiger partial charge in [-0.25, -0.2) is 0 Å². The minimum Gasteiger partial charge on any atom is -0.507 e. The number of Topliss-reactive ketones (excluding diaryl/α,β-unsaturated/α-hetero) is 1. The molecule has 4 heteroatoms. The van der Waals surface area contributed by atoms with E-state index in [2.05, 4.69) is 6.92 Å². The van der Waals surface area contributed by atoms with Gasteiger partial charge in [-0.15, -0.1) is 0 Å². The van der Waals surface area contributed by atoms with Gasteiger partial charge in [0, 0.05) is 11.3 Å². The molecule has 1 saturated heterocycles. The van der Waals surface area contributed by atoms with Gasteiger partial charge >= 0.3 is 0 Å². The van der Waals surface area contributed by atoms with Crippen molar-refractivity contribution in [3.8, 4) is 0 Å². The lowest BCUT2D eigenvalue weighted by molar-refractivity contribution is -0.132. The largest absolute Gasteiger partial charge is 0.507 e. The molecule has 0 radical (unpaired) electrons. The number of aryl methyl sites for hydroxylation is 3. The van der Waals surface area contributed by atoms with Crippen LogP contribution in [0.3, 0.4) is 0 Å². The number of aliphatic hydroxyl groups is 1. The molecule has 156 valence electrons. The van der Waals surface area contributed by atoms with E-state index in [0.717, 1.165) is 28.7 Å². The van der Waals surface area contributed by atoms with Crippen LogP contribution in [-0.4, -0.2) is 16.8 Å². The fraction of sp³-hybridized carbons (Fsp3) is 0.185. The zero-order chi connectivity index (χ0) is 22.1. The molecule has 1 N–H and O–H groups in total. The third-order valence-electron chi connectivity index (χ3n) is 5.81. The summed E-state index contributed by atoms with van der Waals surface area (Å²) in [6.45, 7) is 5.96. The standard InChI is InChI=1S/C27H25NO3/c1-4-19-11-13-21(14-12-19)25(29)23-24(20-8-6-5-7-9-20)28(27(31)26(23)30)22-15-10-17(2)16-18(22)3/h5-16,24,29H,4H2,1-3H3/b25-23+. The lowest BCUT2D eigenvalue weighted by atomic mass is 9.94. The highest BCUT2D eigenvalue weighted by Gasteiger charge is 2.47. The first kappa shape index (κ1) is 20.6. The van der Waals surface area contributed by atoms with Gasteiger partial charge in [0.15, 0.2) is 0 Å². The molecule has 31 heavy (non-hydrogen) atoms. The molecular weight excluding hydrogens is 386 g/mol. The monoisotopic (exact) mass is 411 g/mol. The van der Waals surface area contributed by atoms with E-state index in [4.69, 9.17) is 0 Å². The summed E-state index contributed by atoms with van der Waals surface area (Å²) in [5, 5.41) is 11.2. The lowest BCUT2D eigenvalue weighted by Gasteiger charge is -2.27. The number of ketones is 1. The Kier molecular flexibility index (Phi) is 5.47. The van der Waals surface area contributed by atoms with E-state index in [1.807, 2.05) is 74.5 Å². The smallest absolute Gasteiger partial charge is 0.300 e. The van der Waals surface area contributed by atoms with Crippen molar-refractivity contribution in [3.63, 3.8) is 0 Å². The lowest BCUT2D eigenvalue weighted by Crippen LogP contribution is -2.30. The summed E-state index contributed by atoms with van der Waals surface area (Å²) in [5.41, 5.74) is 5.18. The molecule has 1 amide bonds. The van der Waals surface area contributed by atoms with Gasteiger partial charge in [-0.3, -0.25) is 14.5 Å². The molecule has 0 spiro atoms. The molecule has 1 unspecified atom stereocenters. The van der Waals surface area contributed by atoms with Crippen LogP contribution in [0, 0.1) is 13.8 Å². The first-order chi connectivity index (χ1) is 14.9. The third-order valence-corrected chi connectivity index (χ3v) is 5.81. The summed E-state index contributed by atoms with van der Waals surface area (Å²) in [5.74, 6) is -1.46. The second kappa shape index (κ2) is 8.23. The molecule has 3 aromatic carbocycles. The van der Waals surface area contributed by atoms with Crippen molar-refractivity contribution in [2.45, 2.75) is 33.2 Å². The SMILES string of the molecule is CCc1ccc(/C(O)=C2\C(=O)C(=O)N(c3ccc(C)cc3C)C2c2ccccc2)cc1. The van der Waals surface area contributed by atoms with Crippen LogP contribution in [-0.2, 0) is 16.0 Å². The zero-order valence-corrected chi connectivity index (χ0v) is 17.9. The maximum atomic E-state index is 13.2. The number of carbonyl (C=O) groups excluding carboxylic acids is 2. The Balaban J connectivity index is 1.93. The first-order valence-electron chi connectivity index (χ1n) is 10.4. The number of carbonyl (C=O) groups is 2. The number of anilines is 1. The summed E-state index contributed by atoms with van der Waals surface area (Å²) >= 11 is 0. The zero-order valence-electron chi connectivity index (χ0n) is 17.9. The van der Waals surface area contributed by atoms with E-state index >= 15 is 0 Å². The molecule has 0 saturated carbocycles. The Morgan fingerprint density at radius 3 is 2.23 bits per heavy atom. The number of rotatable bonds is 4. The van der Waals surface area contributed by atoms with E-state index in [1.54, 1.807) is 12.1 Å². The van der Waals surface area contributed by atoms with E-state index in [0.29, 0.717) is 11.3 Å². The van der Waals surface area contributed by atoms with Gasteiger partial charge in [0.1, 0.15) is 5.76 Å². The Bertz CT molecular complexity index is 1180. The van der Waals surface area contributed by atoms with E-state index in [1.165, 1.54) is 4.90 Å². The number of aliphatic hydroxyl groups excluding tert-OH is 1. The number of amides is 1. The molecule has 0 aliphatic carbocycles. The highest BCUT2D eigenvalue weighted by atomic mass is 16.3. The summed E-state index contributed by atoms with van der Waals surface area (Å²) in [6, 6.07) is 21.9. The number of nitrogens with zero attached hydrogens (tertiary/aromatic N) is 1. The maximum Gasteiger partial charge on any atom is 0.300 e. The van der Waals surface area contributed by atoms with Gasteiger partial charge in [0.05, 0.1) is 11.6 Å². The molecule has 1 aliphatic rings. The Hall–Kier alpha value is -3.66.